The van der Waals surface area contributed by atoms with Crippen molar-refractivity contribution in [2.75, 3.05) is 18.5 Å². The second-order valence-corrected chi connectivity index (χ2v) is 4.21. The highest BCUT2D eigenvalue weighted by Crippen LogP contribution is 2.17. The Hall–Kier alpha value is -2.01. The Morgan fingerprint density at radius 2 is 1.94 bits per heavy atom. The number of pyridine rings is 1. The molecule has 94 valence electrons. The Morgan fingerprint density at radius 1 is 1.22 bits per heavy atom. The summed E-state index contributed by atoms with van der Waals surface area (Å²) in [5.41, 5.74) is 7.60. The average Bonchev–Trinajstić information content (AvgIpc) is 2.47. The molecule has 5 heteroatoms. The normalized spacial score (nSPS) is 12.2. The van der Waals surface area contributed by atoms with E-state index in [4.69, 9.17) is 5.73 Å². The van der Waals surface area contributed by atoms with E-state index in [2.05, 4.69) is 15.0 Å². The lowest BCUT2D eigenvalue weighted by Gasteiger charge is -2.23. The van der Waals surface area contributed by atoms with Gasteiger partial charge >= 0.3 is 0 Å². The molecule has 0 radical (unpaired) electrons. The molecule has 18 heavy (non-hydrogen) atoms. The van der Waals surface area contributed by atoms with Gasteiger partial charge < -0.3 is 10.6 Å². The van der Waals surface area contributed by atoms with Crippen molar-refractivity contribution in [3.63, 3.8) is 0 Å². The van der Waals surface area contributed by atoms with Gasteiger partial charge in [0.25, 0.3) is 0 Å². The van der Waals surface area contributed by atoms with Crippen molar-refractivity contribution in [1.82, 2.24) is 15.0 Å². The SMILES string of the molecule is CC(CN)N(C)c1ncc(-c2cccnc2)cn1. The first-order chi connectivity index (χ1) is 8.72. The summed E-state index contributed by atoms with van der Waals surface area (Å²) in [5, 5.41) is 0. The van der Waals surface area contributed by atoms with Crippen LogP contribution in [0.25, 0.3) is 11.1 Å². The number of hydrogen-bond donors (Lipinski definition) is 1. The minimum absolute atomic E-state index is 0.217. The molecule has 1 atom stereocenters. The van der Waals surface area contributed by atoms with Crippen molar-refractivity contribution in [3.05, 3.63) is 36.9 Å². The van der Waals surface area contributed by atoms with Gasteiger partial charge in [0, 0.05) is 55.5 Å². The van der Waals surface area contributed by atoms with Gasteiger partial charge in [0.1, 0.15) is 0 Å². The number of anilines is 1. The number of aromatic nitrogens is 3. The maximum atomic E-state index is 5.63. The van der Waals surface area contributed by atoms with Crippen molar-refractivity contribution in [3.8, 4) is 11.1 Å². The zero-order valence-electron chi connectivity index (χ0n) is 10.6. The topological polar surface area (TPSA) is 67.9 Å². The smallest absolute Gasteiger partial charge is 0.225 e. The fourth-order valence-electron chi connectivity index (χ4n) is 1.54. The Balaban J connectivity index is 2.20. The summed E-state index contributed by atoms with van der Waals surface area (Å²) >= 11 is 0. The molecule has 0 fully saturated rings. The van der Waals surface area contributed by atoms with Gasteiger partial charge in [-0.05, 0) is 13.0 Å². The minimum atomic E-state index is 0.217. The zero-order chi connectivity index (χ0) is 13.0. The average molecular weight is 243 g/mol. The number of rotatable bonds is 4. The van der Waals surface area contributed by atoms with Crippen LogP contribution in [0.15, 0.2) is 36.9 Å². The standard InChI is InChI=1S/C13H17N5/c1-10(6-14)18(2)13-16-8-12(9-17-13)11-4-3-5-15-7-11/h3-5,7-10H,6,14H2,1-2H3. The van der Waals surface area contributed by atoms with Crippen molar-refractivity contribution in [1.29, 1.82) is 0 Å². The van der Waals surface area contributed by atoms with Gasteiger partial charge in [0.2, 0.25) is 5.95 Å². The van der Waals surface area contributed by atoms with Crippen molar-refractivity contribution < 1.29 is 0 Å². The van der Waals surface area contributed by atoms with Gasteiger partial charge in [-0.1, -0.05) is 6.07 Å². The fourth-order valence-corrected chi connectivity index (χ4v) is 1.54. The van der Waals surface area contributed by atoms with Crippen molar-refractivity contribution in [2.24, 2.45) is 5.73 Å². The minimum Gasteiger partial charge on any atom is -0.340 e. The quantitative estimate of drug-likeness (QED) is 0.877. The molecule has 0 aliphatic carbocycles. The van der Waals surface area contributed by atoms with E-state index in [1.54, 1.807) is 24.8 Å². The highest BCUT2D eigenvalue weighted by molar-refractivity contribution is 5.60. The van der Waals surface area contributed by atoms with E-state index in [1.807, 2.05) is 31.0 Å². The monoisotopic (exact) mass is 243 g/mol. The van der Waals surface area contributed by atoms with E-state index in [0.29, 0.717) is 12.5 Å². The molecule has 2 N–H and O–H groups in total. The Kier molecular flexibility index (Phi) is 3.84. The van der Waals surface area contributed by atoms with Gasteiger partial charge in [-0.25, -0.2) is 9.97 Å². The molecular weight excluding hydrogens is 226 g/mol. The molecule has 2 heterocycles. The van der Waals surface area contributed by atoms with Crippen LogP contribution in [0.5, 0.6) is 0 Å². The molecule has 2 rings (SSSR count). The van der Waals surface area contributed by atoms with Crippen LogP contribution in [0, 0.1) is 0 Å². The Labute approximate surface area is 107 Å². The van der Waals surface area contributed by atoms with Crippen molar-refractivity contribution >= 4 is 5.95 Å². The van der Waals surface area contributed by atoms with Gasteiger partial charge in [-0.15, -0.1) is 0 Å². The first-order valence-electron chi connectivity index (χ1n) is 5.87. The third-order valence-electron chi connectivity index (χ3n) is 2.95. The summed E-state index contributed by atoms with van der Waals surface area (Å²) in [5.74, 6) is 0.681. The largest absolute Gasteiger partial charge is 0.340 e. The van der Waals surface area contributed by atoms with E-state index in [9.17, 15) is 0 Å². The van der Waals surface area contributed by atoms with Crippen LogP contribution in [0.2, 0.25) is 0 Å². The predicted molar refractivity (Wildman–Crippen MR) is 72.2 cm³/mol. The molecule has 0 amide bonds. The Bertz CT molecular complexity index is 482. The second kappa shape index (κ2) is 5.55. The van der Waals surface area contributed by atoms with Crippen LogP contribution in [-0.2, 0) is 0 Å². The number of nitrogens with zero attached hydrogens (tertiary/aromatic N) is 4. The second-order valence-electron chi connectivity index (χ2n) is 4.21. The summed E-state index contributed by atoms with van der Waals surface area (Å²) in [6.45, 7) is 2.61. The summed E-state index contributed by atoms with van der Waals surface area (Å²) in [7, 11) is 1.94. The van der Waals surface area contributed by atoms with Crippen LogP contribution in [0.3, 0.4) is 0 Å². The lowest BCUT2D eigenvalue weighted by Crippen LogP contribution is -2.36. The number of hydrogen-bond acceptors (Lipinski definition) is 5. The molecule has 0 aliphatic rings. The van der Waals surface area contributed by atoms with Crippen molar-refractivity contribution in [2.45, 2.75) is 13.0 Å². The van der Waals surface area contributed by atoms with Gasteiger partial charge in [-0.3, -0.25) is 4.98 Å². The Morgan fingerprint density at radius 3 is 2.50 bits per heavy atom. The highest BCUT2D eigenvalue weighted by atomic mass is 15.2. The predicted octanol–water partition coefficient (Wildman–Crippen LogP) is 1.32. The maximum Gasteiger partial charge on any atom is 0.225 e. The zero-order valence-corrected chi connectivity index (χ0v) is 10.6. The molecule has 0 saturated heterocycles. The molecule has 0 saturated carbocycles. The first-order valence-corrected chi connectivity index (χ1v) is 5.87. The third-order valence-corrected chi connectivity index (χ3v) is 2.95. The summed E-state index contributed by atoms with van der Waals surface area (Å²) in [4.78, 5) is 14.8. The summed E-state index contributed by atoms with van der Waals surface area (Å²) in [6.07, 6.45) is 7.15. The van der Waals surface area contributed by atoms with Gasteiger partial charge in [-0.2, -0.15) is 0 Å². The third kappa shape index (κ3) is 2.62. The van der Waals surface area contributed by atoms with Gasteiger partial charge in [0.15, 0.2) is 0 Å². The molecule has 2 aromatic heterocycles. The molecule has 0 bridgehead atoms. The number of likely N-dealkylation sites (N-methyl/N-ethyl adjacent to an activating group) is 1. The summed E-state index contributed by atoms with van der Waals surface area (Å²) < 4.78 is 0. The molecule has 1 unspecified atom stereocenters. The first kappa shape index (κ1) is 12.4. The van der Waals surface area contributed by atoms with Gasteiger partial charge in [0.05, 0.1) is 0 Å². The molecule has 0 aliphatic heterocycles. The lowest BCUT2D eigenvalue weighted by atomic mass is 10.2. The van der Waals surface area contributed by atoms with E-state index in [1.165, 1.54) is 0 Å². The fraction of sp³-hybridized carbons (Fsp3) is 0.308. The van der Waals surface area contributed by atoms with E-state index in [-0.39, 0.29) is 6.04 Å². The van der Waals surface area contributed by atoms with E-state index in [0.717, 1.165) is 11.1 Å². The lowest BCUT2D eigenvalue weighted by molar-refractivity contribution is 0.678. The van der Waals surface area contributed by atoms with Crippen LogP contribution >= 0.6 is 0 Å². The molecule has 0 aromatic carbocycles. The highest BCUT2D eigenvalue weighted by Gasteiger charge is 2.10. The molecule has 2 aromatic rings. The molecule has 5 nitrogen and oxygen atoms in total. The van der Waals surface area contributed by atoms with Crippen LogP contribution in [0.1, 0.15) is 6.92 Å². The van der Waals surface area contributed by atoms with E-state index < -0.39 is 0 Å². The number of nitrogens with two attached hydrogens (primary N) is 1. The molecular formula is C13H17N5. The molecule has 0 spiro atoms. The van der Waals surface area contributed by atoms with Crippen LogP contribution in [-0.4, -0.2) is 34.6 Å². The van der Waals surface area contributed by atoms with Crippen LogP contribution < -0.4 is 10.6 Å². The maximum absolute atomic E-state index is 5.63. The van der Waals surface area contributed by atoms with E-state index >= 15 is 0 Å². The summed E-state index contributed by atoms with van der Waals surface area (Å²) in [6, 6.07) is 4.10. The van der Waals surface area contributed by atoms with Crippen LogP contribution in [0.4, 0.5) is 5.95 Å².